The Hall–Kier alpha value is -0.730. The van der Waals surface area contributed by atoms with Crippen LogP contribution >= 0.6 is 0 Å². The van der Waals surface area contributed by atoms with E-state index in [1.165, 1.54) is 0 Å². The lowest BCUT2D eigenvalue weighted by molar-refractivity contribution is 0.180. The highest BCUT2D eigenvalue weighted by molar-refractivity contribution is 5.65. The number of hydrogen-bond acceptors (Lipinski definition) is 1. The molecule has 66 valence electrons. The Morgan fingerprint density at radius 3 is 2.45 bits per heavy atom. The van der Waals surface area contributed by atoms with Crippen LogP contribution in [0.5, 0.6) is 0 Å². The summed E-state index contributed by atoms with van der Waals surface area (Å²) in [6.07, 6.45) is 2.12. The number of nitrogens with one attached hydrogen (secondary N) is 1. The van der Waals surface area contributed by atoms with Crippen LogP contribution in [0.2, 0.25) is 0 Å². The zero-order chi connectivity index (χ0) is 8.91. The molecule has 0 saturated carbocycles. The molecule has 3 nitrogen and oxygen atoms in total. The van der Waals surface area contributed by atoms with Gasteiger partial charge in [0, 0.05) is 5.54 Å². The molecule has 0 heterocycles. The third-order valence-corrected chi connectivity index (χ3v) is 1.60. The van der Waals surface area contributed by atoms with Gasteiger partial charge in [-0.1, -0.05) is 19.8 Å². The van der Waals surface area contributed by atoms with Crippen molar-refractivity contribution in [2.45, 2.75) is 45.6 Å². The topological polar surface area (TPSA) is 49.3 Å². The summed E-state index contributed by atoms with van der Waals surface area (Å²) in [4.78, 5) is 10.3. The summed E-state index contributed by atoms with van der Waals surface area (Å²) in [7, 11) is 0. The van der Waals surface area contributed by atoms with Crippen LogP contribution in [0.25, 0.3) is 0 Å². The van der Waals surface area contributed by atoms with Gasteiger partial charge < -0.3 is 10.4 Å². The molecule has 0 aliphatic carbocycles. The van der Waals surface area contributed by atoms with Gasteiger partial charge in [-0.25, -0.2) is 4.79 Å². The normalized spacial score (nSPS) is 11.2. The summed E-state index contributed by atoms with van der Waals surface area (Å²) in [6.45, 7) is 5.89. The SMILES string of the molecule is CCCCC(C)(C)NC(=O)O. The smallest absolute Gasteiger partial charge is 0.405 e. The minimum Gasteiger partial charge on any atom is -0.465 e. The van der Waals surface area contributed by atoms with Gasteiger partial charge in [-0.05, 0) is 20.3 Å². The van der Waals surface area contributed by atoms with Crippen LogP contribution in [0.15, 0.2) is 0 Å². The first-order valence-corrected chi connectivity index (χ1v) is 3.99. The number of hydrogen-bond donors (Lipinski definition) is 2. The van der Waals surface area contributed by atoms with Crippen LogP contribution in [0, 0.1) is 0 Å². The zero-order valence-electron chi connectivity index (χ0n) is 7.48. The average molecular weight is 159 g/mol. The summed E-state index contributed by atoms with van der Waals surface area (Å²) >= 11 is 0. The average Bonchev–Trinajstić information content (AvgIpc) is 1.81. The maximum Gasteiger partial charge on any atom is 0.405 e. The van der Waals surface area contributed by atoms with Crippen molar-refractivity contribution >= 4 is 6.09 Å². The Balaban J connectivity index is 3.70. The molecule has 0 fully saturated rings. The van der Waals surface area contributed by atoms with E-state index in [0.29, 0.717) is 0 Å². The van der Waals surface area contributed by atoms with Crippen molar-refractivity contribution in [3.05, 3.63) is 0 Å². The molecule has 0 rings (SSSR count). The fourth-order valence-corrected chi connectivity index (χ4v) is 0.971. The summed E-state index contributed by atoms with van der Waals surface area (Å²) in [5, 5.41) is 10.9. The largest absolute Gasteiger partial charge is 0.465 e. The predicted octanol–water partition coefficient (Wildman–Crippen LogP) is 2.22. The Morgan fingerprint density at radius 1 is 1.55 bits per heavy atom. The van der Waals surface area contributed by atoms with Gasteiger partial charge in [0.1, 0.15) is 0 Å². The molecule has 0 aromatic rings. The van der Waals surface area contributed by atoms with Crippen molar-refractivity contribution in [2.75, 3.05) is 0 Å². The molecule has 0 aliphatic rings. The lowest BCUT2D eigenvalue weighted by Gasteiger charge is -2.23. The van der Waals surface area contributed by atoms with Gasteiger partial charge in [-0.15, -0.1) is 0 Å². The number of unbranched alkanes of at least 4 members (excludes halogenated alkanes) is 1. The van der Waals surface area contributed by atoms with E-state index >= 15 is 0 Å². The maximum atomic E-state index is 10.3. The third kappa shape index (κ3) is 5.70. The molecular weight excluding hydrogens is 142 g/mol. The molecule has 0 aromatic heterocycles. The molecule has 0 unspecified atom stereocenters. The van der Waals surface area contributed by atoms with E-state index in [9.17, 15) is 4.79 Å². The summed E-state index contributed by atoms with van der Waals surface area (Å²) in [5.74, 6) is 0. The van der Waals surface area contributed by atoms with Gasteiger partial charge in [0.2, 0.25) is 0 Å². The zero-order valence-corrected chi connectivity index (χ0v) is 7.48. The molecule has 3 heteroatoms. The standard InChI is InChI=1S/C8H17NO2/c1-4-5-6-8(2,3)9-7(10)11/h9H,4-6H2,1-3H3,(H,10,11). The van der Waals surface area contributed by atoms with Crippen LogP contribution < -0.4 is 5.32 Å². The highest BCUT2D eigenvalue weighted by Gasteiger charge is 2.18. The Labute approximate surface area is 67.8 Å². The first-order chi connectivity index (χ1) is 4.98. The van der Waals surface area contributed by atoms with Crippen LogP contribution in [-0.2, 0) is 0 Å². The second kappa shape index (κ2) is 4.21. The molecule has 0 aromatic carbocycles. The Morgan fingerprint density at radius 2 is 2.09 bits per heavy atom. The number of amides is 1. The van der Waals surface area contributed by atoms with Crippen LogP contribution in [-0.4, -0.2) is 16.7 Å². The van der Waals surface area contributed by atoms with Gasteiger partial charge in [0.25, 0.3) is 0 Å². The van der Waals surface area contributed by atoms with E-state index in [0.717, 1.165) is 19.3 Å². The molecule has 2 N–H and O–H groups in total. The first kappa shape index (κ1) is 10.3. The molecule has 0 aliphatic heterocycles. The number of carboxylic acid groups (broad SMARTS) is 1. The Kier molecular flexibility index (Phi) is 3.93. The van der Waals surface area contributed by atoms with Gasteiger partial charge in [0.15, 0.2) is 0 Å². The van der Waals surface area contributed by atoms with E-state index in [1.54, 1.807) is 0 Å². The van der Waals surface area contributed by atoms with Gasteiger partial charge in [-0.2, -0.15) is 0 Å². The van der Waals surface area contributed by atoms with Gasteiger partial charge >= 0.3 is 6.09 Å². The van der Waals surface area contributed by atoms with E-state index in [4.69, 9.17) is 5.11 Å². The summed E-state index contributed by atoms with van der Waals surface area (Å²) in [6, 6.07) is 0. The molecule has 11 heavy (non-hydrogen) atoms. The molecule has 1 amide bonds. The van der Waals surface area contributed by atoms with E-state index < -0.39 is 6.09 Å². The molecule has 0 spiro atoms. The lowest BCUT2D eigenvalue weighted by atomic mass is 9.98. The molecule has 0 atom stereocenters. The number of rotatable bonds is 4. The van der Waals surface area contributed by atoms with Crippen molar-refractivity contribution in [3.8, 4) is 0 Å². The molecule has 0 bridgehead atoms. The summed E-state index contributed by atoms with van der Waals surface area (Å²) in [5.41, 5.74) is -0.276. The van der Waals surface area contributed by atoms with Crippen molar-refractivity contribution in [1.29, 1.82) is 0 Å². The Bertz CT molecular complexity index is 132. The van der Waals surface area contributed by atoms with E-state index in [-0.39, 0.29) is 5.54 Å². The van der Waals surface area contributed by atoms with E-state index in [2.05, 4.69) is 12.2 Å². The third-order valence-electron chi connectivity index (χ3n) is 1.60. The van der Waals surface area contributed by atoms with Crippen LogP contribution in [0.1, 0.15) is 40.0 Å². The fourth-order valence-electron chi connectivity index (χ4n) is 0.971. The van der Waals surface area contributed by atoms with Gasteiger partial charge in [-0.3, -0.25) is 0 Å². The first-order valence-electron chi connectivity index (χ1n) is 3.99. The van der Waals surface area contributed by atoms with E-state index in [1.807, 2.05) is 13.8 Å². The van der Waals surface area contributed by atoms with Gasteiger partial charge in [0.05, 0.1) is 0 Å². The van der Waals surface area contributed by atoms with Crippen molar-refractivity contribution in [3.63, 3.8) is 0 Å². The van der Waals surface area contributed by atoms with Crippen molar-refractivity contribution in [1.82, 2.24) is 5.32 Å². The van der Waals surface area contributed by atoms with Crippen molar-refractivity contribution in [2.24, 2.45) is 0 Å². The highest BCUT2D eigenvalue weighted by Crippen LogP contribution is 2.11. The minimum atomic E-state index is -0.939. The minimum absolute atomic E-state index is 0.276. The lowest BCUT2D eigenvalue weighted by Crippen LogP contribution is -2.42. The highest BCUT2D eigenvalue weighted by atomic mass is 16.4. The monoisotopic (exact) mass is 159 g/mol. The van der Waals surface area contributed by atoms with Crippen LogP contribution in [0.3, 0.4) is 0 Å². The molecule has 0 radical (unpaired) electrons. The van der Waals surface area contributed by atoms with Crippen molar-refractivity contribution < 1.29 is 9.90 Å². The second-order valence-electron chi connectivity index (χ2n) is 3.42. The fraction of sp³-hybridized carbons (Fsp3) is 0.875. The molecule has 0 saturated heterocycles. The predicted molar refractivity (Wildman–Crippen MR) is 44.8 cm³/mol. The second-order valence-corrected chi connectivity index (χ2v) is 3.42. The van der Waals surface area contributed by atoms with Crippen LogP contribution in [0.4, 0.5) is 4.79 Å². The summed E-state index contributed by atoms with van der Waals surface area (Å²) < 4.78 is 0. The number of carbonyl (C=O) groups is 1. The molecular formula is C8H17NO2. The quantitative estimate of drug-likeness (QED) is 0.660. The maximum absolute atomic E-state index is 10.3.